The molecule has 20 heavy (non-hydrogen) atoms. The molecule has 6 heteroatoms. The molecule has 104 valence electrons. The van der Waals surface area contributed by atoms with Gasteiger partial charge in [0.15, 0.2) is 0 Å². The molecule has 0 aliphatic heterocycles. The average Bonchev–Trinajstić information content (AvgIpc) is 3.15. The number of nitrogens with one attached hydrogen (secondary N) is 1. The van der Waals surface area contributed by atoms with Gasteiger partial charge in [-0.15, -0.1) is 0 Å². The molecule has 1 aromatic carbocycles. The maximum absolute atomic E-state index is 11.6. The summed E-state index contributed by atoms with van der Waals surface area (Å²) in [5.41, 5.74) is 0.823. The van der Waals surface area contributed by atoms with Crippen molar-refractivity contribution in [3.05, 3.63) is 30.2 Å². The average molecular weight is 273 g/mol. The van der Waals surface area contributed by atoms with E-state index >= 15 is 0 Å². The van der Waals surface area contributed by atoms with Crippen LogP contribution in [0.4, 0.5) is 0 Å². The van der Waals surface area contributed by atoms with Crippen LogP contribution < -0.4 is 10.1 Å². The summed E-state index contributed by atoms with van der Waals surface area (Å²) in [4.78, 5) is 15.9. The zero-order valence-corrected chi connectivity index (χ0v) is 11.1. The first-order valence-corrected chi connectivity index (χ1v) is 6.51. The van der Waals surface area contributed by atoms with Gasteiger partial charge in [-0.05, 0) is 37.1 Å². The predicted molar refractivity (Wildman–Crippen MR) is 71.2 cm³/mol. The van der Waals surface area contributed by atoms with E-state index in [4.69, 9.17) is 9.26 Å². The highest BCUT2D eigenvalue weighted by Gasteiger charge is 2.24. The fourth-order valence-corrected chi connectivity index (χ4v) is 1.83. The van der Waals surface area contributed by atoms with Crippen LogP contribution in [-0.2, 0) is 11.2 Å². The first-order chi connectivity index (χ1) is 9.74. The Bertz CT molecular complexity index is 602. The van der Waals surface area contributed by atoms with Gasteiger partial charge in [0.25, 0.3) is 0 Å². The van der Waals surface area contributed by atoms with Crippen LogP contribution in [-0.4, -0.2) is 29.2 Å². The molecule has 1 heterocycles. The van der Waals surface area contributed by atoms with Crippen molar-refractivity contribution in [2.24, 2.45) is 0 Å². The molecule has 0 bridgehead atoms. The Hall–Kier alpha value is -2.37. The molecule has 1 N–H and O–H groups in total. The number of aromatic nitrogens is 2. The SMILES string of the molecule is COc1ccc(-c2noc(CC(=O)NC3CC3)n2)cc1. The lowest BCUT2D eigenvalue weighted by Gasteiger charge is -1.99. The van der Waals surface area contributed by atoms with Gasteiger partial charge in [0.2, 0.25) is 17.6 Å². The van der Waals surface area contributed by atoms with Crippen LogP contribution in [0.3, 0.4) is 0 Å². The Morgan fingerprint density at radius 1 is 1.40 bits per heavy atom. The maximum atomic E-state index is 11.6. The van der Waals surface area contributed by atoms with Crippen molar-refractivity contribution in [1.29, 1.82) is 0 Å². The van der Waals surface area contributed by atoms with Crippen molar-refractivity contribution in [2.75, 3.05) is 7.11 Å². The van der Waals surface area contributed by atoms with Gasteiger partial charge in [-0.2, -0.15) is 4.98 Å². The van der Waals surface area contributed by atoms with Crippen LogP contribution in [0.2, 0.25) is 0 Å². The van der Waals surface area contributed by atoms with Crippen molar-refractivity contribution < 1.29 is 14.1 Å². The first kappa shape index (κ1) is 12.7. The van der Waals surface area contributed by atoms with Gasteiger partial charge in [-0.1, -0.05) is 5.16 Å². The van der Waals surface area contributed by atoms with Crippen molar-refractivity contribution >= 4 is 5.91 Å². The molecule has 1 aromatic heterocycles. The van der Waals surface area contributed by atoms with Crippen LogP contribution >= 0.6 is 0 Å². The van der Waals surface area contributed by atoms with Crippen LogP contribution in [0.15, 0.2) is 28.8 Å². The number of methoxy groups -OCH3 is 1. The zero-order chi connectivity index (χ0) is 13.9. The van der Waals surface area contributed by atoms with Gasteiger partial charge >= 0.3 is 0 Å². The number of carbonyl (C=O) groups is 1. The molecule has 0 spiro atoms. The molecule has 0 atom stereocenters. The monoisotopic (exact) mass is 273 g/mol. The smallest absolute Gasteiger partial charge is 0.236 e. The van der Waals surface area contributed by atoms with E-state index in [1.54, 1.807) is 7.11 Å². The molecule has 1 fully saturated rings. The number of carbonyl (C=O) groups excluding carboxylic acids is 1. The Morgan fingerprint density at radius 3 is 2.80 bits per heavy atom. The predicted octanol–water partition coefficient (Wildman–Crippen LogP) is 1.57. The standard InChI is InChI=1S/C14H15N3O3/c1-19-11-6-2-9(3-7-11)14-16-13(20-17-14)8-12(18)15-10-4-5-10/h2-3,6-7,10H,4-5,8H2,1H3,(H,15,18). The van der Waals surface area contributed by atoms with E-state index < -0.39 is 0 Å². The number of rotatable bonds is 5. The van der Waals surface area contributed by atoms with Crippen molar-refractivity contribution in [3.63, 3.8) is 0 Å². The Labute approximate surface area is 116 Å². The molecule has 2 aromatic rings. The Morgan fingerprint density at radius 2 is 2.15 bits per heavy atom. The van der Waals surface area contributed by atoms with E-state index in [1.165, 1.54) is 0 Å². The normalized spacial score (nSPS) is 14.1. The number of amides is 1. The number of ether oxygens (including phenoxy) is 1. The third-order valence-electron chi connectivity index (χ3n) is 3.07. The summed E-state index contributed by atoms with van der Waals surface area (Å²) in [5.74, 6) is 1.49. The van der Waals surface area contributed by atoms with E-state index in [1.807, 2.05) is 24.3 Å². The summed E-state index contributed by atoms with van der Waals surface area (Å²) in [6.45, 7) is 0. The Balaban J connectivity index is 1.66. The molecule has 1 aliphatic carbocycles. The second kappa shape index (κ2) is 5.32. The fourth-order valence-electron chi connectivity index (χ4n) is 1.83. The minimum Gasteiger partial charge on any atom is -0.497 e. The largest absolute Gasteiger partial charge is 0.497 e. The van der Waals surface area contributed by atoms with Gasteiger partial charge in [0, 0.05) is 11.6 Å². The summed E-state index contributed by atoms with van der Waals surface area (Å²) in [7, 11) is 1.61. The zero-order valence-electron chi connectivity index (χ0n) is 11.1. The molecular formula is C14H15N3O3. The lowest BCUT2D eigenvalue weighted by Crippen LogP contribution is -2.27. The summed E-state index contributed by atoms with van der Waals surface area (Å²) < 4.78 is 10.2. The number of hydrogen-bond acceptors (Lipinski definition) is 5. The number of nitrogens with zero attached hydrogens (tertiary/aromatic N) is 2. The third kappa shape index (κ3) is 2.96. The van der Waals surface area contributed by atoms with Crippen LogP contribution in [0, 0.1) is 0 Å². The minimum absolute atomic E-state index is 0.0718. The van der Waals surface area contributed by atoms with Gasteiger partial charge in [0.1, 0.15) is 12.2 Å². The van der Waals surface area contributed by atoms with E-state index in [9.17, 15) is 4.79 Å². The lowest BCUT2D eigenvalue weighted by molar-refractivity contribution is -0.120. The van der Waals surface area contributed by atoms with E-state index in [2.05, 4.69) is 15.5 Å². The summed E-state index contributed by atoms with van der Waals surface area (Å²) >= 11 is 0. The highest BCUT2D eigenvalue weighted by molar-refractivity contribution is 5.78. The van der Waals surface area contributed by atoms with E-state index in [-0.39, 0.29) is 12.3 Å². The summed E-state index contributed by atoms with van der Waals surface area (Å²) in [6, 6.07) is 7.68. The molecule has 6 nitrogen and oxygen atoms in total. The lowest BCUT2D eigenvalue weighted by atomic mass is 10.2. The van der Waals surface area contributed by atoms with Gasteiger partial charge in [-0.3, -0.25) is 4.79 Å². The second-order valence-corrected chi connectivity index (χ2v) is 4.76. The van der Waals surface area contributed by atoms with E-state index in [0.717, 1.165) is 24.2 Å². The van der Waals surface area contributed by atoms with Crippen LogP contribution in [0.25, 0.3) is 11.4 Å². The Kier molecular flexibility index (Phi) is 3.37. The second-order valence-electron chi connectivity index (χ2n) is 4.76. The molecule has 1 amide bonds. The molecule has 0 radical (unpaired) electrons. The van der Waals surface area contributed by atoms with Crippen molar-refractivity contribution in [1.82, 2.24) is 15.5 Å². The van der Waals surface area contributed by atoms with E-state index in [0.29, 0.717) is 17.8 Å². The van der Waals surface area contributed by atoms with Crippen molar-refractivity contribution in [3.8, 4) is 17.1 Å². The quantitative estimate of drug-likeness (QED) is 0.894. The number of hydrogen-bond donors (Lipinski definition) is 1. The van der Waals surface area contributed by atoms with Crippen LogP contribution in [0.5, 0.6) is 5.75 Å². The highest BCUT2D eigenvalue weighted by atomic mass is 16.5. The summed E-state index contributed by atoms with van der Waals surface area (Å²) in [5, 5.41) is 6.77. The van der Waals surface area contributed by atoms with Gasteiger partial charge < -0.3 is 14.6 Å². The van der Waals surface area contributed by atoms with Gasteiger partial charge in [0.05, 0.1) is 7.11 Å². The molecule has 3 rings (SSSR count). The molecule has 1 aliphatic rings. The summed E-state index contributed by atoms with van der Waals surface area (Å²) in [6.07, 6.45) is 2.25. The maximum Gasteiger partial charge on any atom is 0.236 e. The molecule has 0 unspecified atom stereocenters. The number of benzene rings is 1. The van der Waals surface area contributed by atoms with Crippen LogP contribution in [0.1, 0.15) is 18.7 Å². The molecule has 1 saturated carbocycles. The molecular weight excluding hydrogens is 258 g/mol. The van der Waals surface area contributed by atoms with Gasteiger partial charge in [-0.25, -0.2) is 0 Å². The van der Waals surface area contributed by atoms with Crippen molar-refractivity contribution in [2.45, 2.75) is 25.3 Å². The molecule has 0 saturated heterocycles. The fraction of sp³-hybridized carbons (Fsp3) is 0.357. The highest BCUT2D eigenvalue weighted by Crippen LogP contribution is 2.20. The minimum atomic E-state index is -0.0718. The first-order valence-electron chi connectivity index (χ1n) is 6.51. The topological polar surface area (TPSA) is 77.2 Å². The third-order valence-corrected chi connectivity index (χ3v) is 3.07.